The standard InChI is InChI=1S/C19H13ClN2O4/c20-15-8-9-16-14(10-15)11-18(26-16)21-17(23)3-1-2-12-4-6-13(7-5-12)19(24)22-25/h4-11,25H,3H2,(H,21,23)(H,22,24). The highest BCUT2D eigenvalue weighted by Gasteiger charge is 2.07. The Hall–Kier alpha value is -3.27. The van der Waals surface area contributed by atoms with E-state index in [9.17, 15) is 9.59 Å². The smallest absolute Gasteiger partial charge is 0.274 e. The van der Waals surface area contributed by atoms with Crippen molar-refractivity contribution in [2.45, 2.75) is 6.42 Å². The molecule has 0 fully saturated rings. The van der Waals surface area contributed by atoms with Crippen LogP contribution in [0.4, 0.5) is 5.88 Å². The normalized spacial score (nSPS) is 10.1. The Labute approximate surface area is 153 Å². The quantitative estimate of drug-likeness (QED) is 0.374. The van der Waals surface area contributed by atoms with Crippen molar-refractivity contribution in [2.75, 3.05) is 5.32 Å². The maximum absolute atomic E-state index is 11.9. The van der Waals surface area contributed by atoms with Crippen molar-refractivity contribution in [2.24, 2.45) is 0 Å². The maximum atomic E-state index is 11.9. The van der Waals surface area contributed by atoms with Crippen LogP contribution in [0.2, 0.25) is 5.02 Å². The Morgan fingerprint density at radius 1 is 1.12 bits per heavy atom. The van der Waals surface area contributed by atoms with Crippen molar-refractivity contribution < 1.29 is 19.2 Å². The molecule has 0 aliphatic rings. The summed E-state index contributed by atoms with van der Waals surface area (Å²) in [7, 11) is 0. The van der Waals surface area contributed by atoms with Crippen molar-refractivity contribution in [1.82, 2.24) is 5.48 Å². The molecule has 130 valence electrons. The highest BCUT2D eigenvalue weighted by atomic mass is 35.5. The fraction of sp³-hybridized carbons (Fsp3) is 0.0526. The van der Waals surface area contributed by atoms with E-state index in [0.29, 0.717) is 27.6 Å². The fourth-order valence-electron chi connectivity index (χ4n) is 2.25. The number of carbonyl (C=O) groups is 2. The van der Waals surface area contributed by atoms with Crippen molar-refractivity contribution in [3.05, 3.63) is 64.7 Å². The second-order valence-corrected chi connectivity index (χ2v) is 5.77. The summed E-state index contributed by atoms with van der Waals surface area (Å²) >= 11 is 5.91. The molecule has 0 aliphatic heterocycles. The van der Waals surface area contributed by atoms with Gasteiger partial charge in [-0.05, 0) is 42.5 Å². The van der Waals surface area contributed by atoms with Crippen LogP contribution < -0.4 is 10.8 Å². The number of hydrogen-bond donors (Lipinski definition) is 3. The minimum Gasteiger partial charge on any atom is -0.440 e. The zero-order chi connectivity index (χ0) is 18.5. The first kappa shape index (κ1) is 17.5. The molecule has 3 rings (SSSR count). The number of anilines is 1. The molecule has 0 saturated carbocycles. The average Bonchev–Trinajstić information content (AvgIpc) is 3.02. The third kappa shape index (κ3) is 4.22. The first-order valence-corrected chi connectivity index (χ1v) is 7.95. The minimum absolute atomic E-state index is 0.0172. The summed E-state index contributed by atoms with van der Waals surface area (Å²) in [5, 5.41) is 12.6. The molecule has 2 aromatic carbocycles. The van der Waals surface area contributed by atoms with Crippen LogP contribution in [0.1, 0.15) is 22.3 Å². The molecular formula is C19H13ClN2O4. The van der Waals surface area contributed by atoms with Gasteiger partial charge in [-0.25, -0.2) is 5.48 Å². The second-order valence-electron chi connectivity index (χ2n) is 5.34. The van der Waals surface area contributed by atoms with Gasteiger partial charge in [0.1, 0.15) is 5.58 Å². The van der Waals surface area contributed by atoms with Gasteiger partial charge >= 0.3 is 0 Å². The number of carbonyl (C=O) groups excluding carboxylic acids is 2. The molecule has 0 unspecified atom stereocenters. The van der Waals surface area contributed by atoms with E-state index in [2.05, 4.69) is 17.2 Å². The van der Waals surface area contributed by atoms with Crippen LogP contribution in [0.5, 0.6) is 0 Å². The molecular weight excluding hydrogens is 356 g/mol. The van der Waals surface area contributed by atoms with Crippen LogP contribution in [0.15, 0.2) is 52.9 Å². The first-order chi connectivity index (χ1) is 12.5. The van der Waals surface area contributed by atoms with Gasteiger partial charge in [0.15, 0.2) is 0 Å². The molecule has 7 heteroatoms. The average molecular weight is 369 g/mol. The summed E-state index contributed by atoms with van der Waals surface area (Å²) in [5.74, 6) is 5.00. The molecule has 1 aromatic heterocycles. The van der Waals surface area contributed by atoms with Gasteiger partial charge in [-0.15, -0.1) is 0 Å². The number of hydroxylamine groups is 1. The second kappa shape index (κ2) is 7.74. The zero-order valence-corrected chi connectivity index (χ0v) is 14.1. The van der Waals surface area contributed by atoms with Crippen molar-refractivity contribution in [3.8, 4) is 11.8 Å². The summed E-state index contributed by atoms with van der Waals surface area (Å²) in [6.45, 7) is 0. The largest absolute Gasteiger partial charge is 0.440 e. The number of rotatable bonds is 3. The van der Waals surface area contributed by atoms with Crippen molar-refractivity contribution >= 4 is 40.3 Å². The number of benzene rings is 2. The van der Waals surface area contributed by atoms with E-state index >= 15 is 0 Å². The lowest BCUT2D eigenvalue weighted by atomic mass is 10.1. The first-order valence-electron chi connectivity index (χ1n) is 7.57. The van der Waals surface area contributed by atoms with Gasteiger partial charge in [-0.1, -0.05) is 23.4 Å². The Bertz CT molecular complexity index is 1030. The highest BCUT2D eigenvalue weighted by Crippen LogP contribution is 2.25. The van der Waals surface area contributed by atoms with Gasteiger partial charge in [-0.3, -0.25) is 20.1 Å². The number of hydrogen-bond acceptors (Lipinski definition) is 4. The third-order valence-electron chi connectivity index (χ3n) is 3.47. The maximum Gasteiger partial charge on any atom is 0.274 e. The van der Waals surface area contributed by atoms with Gasteiger partial charge in [0.05, 0.1) is 6.42 Å². The number of nitrogens with one attached hydrogen (secondary N) is 2. The molecule has 0 atom stereocenters. The molecule has 0 saturated heterocycles. The summed E-state index contributed by atoms with van der Waals surface area (Å²) < 4.78 is 5.51. The van der Waals surface area contributed by atoms with Gasteiger partial charge < -0.3 is 4.42 Å². The van der Waals surface area contributed by atoms with Crippen LogP contribution in [-0.4, -0.2) is 17.0 Å². The molecule has 6 nitrogen and oxygen atoms in total. The Morgan fingerprint density at radius 2 is 1.88 bits per heavy atom. The molecule has 0 aliphatic carbocycles. The lowest BCUT2D eigenvalue weighted by Crippen LogP contribution is -2.18. The predicted octanol–water partition coefficient (Wildman–Crippen LogP) is 3.59. The molecule has 0 spiro atoms. The van der Waals surface area contributed by atoms with E-state index in [1.165, 1.54) is 12.1 Å². The minimum atomic E-state index is -0.601. The molecule has 3 N–H and O–H groups in total. The molecule has 1 heterocycles. The Morgan fingerprint density at radius 3 is 2.62 bits per heavy atom. The SMILES string of the molecule is O=C(CC#Cc1ccc(C(=O)NO)cc1)Nc1cc2cc(Cl)ccc2o1. The zero-order valence-electron chi connectivity index (χ0n) is 13.4. The fourth-order valence-corrected chi connectivity index (χ4v) is 2.43. The Kier molecular flexibility index (Phi) is 5.23. The summed E-state index contributed by atoms with van der Waals surface area (Å²) in [5.41, 5.74) is 3.13. The van der Waals surface area contributed by atoms with Crippen molar-refractivity contribution in [1.29, 1.82) is 0 Å². The summed E-state index contributed by atoms with van der Waals surface area (Å²) in [4.78, 5) is 23.2. The van der Waals surface area contributed by atoms with Crippen LogP contribution >= 0.6 is 11.6 Å². The van der Waals surface area contributed by atoms with Crippen LogP contribution in [0, 0.1) is 11.8 Å². The van der Waals surface area contributed by atoms with E-state index in [4.69, 9.17) is 21.2 Å². The van der Waals surface area contributed by atoms with Gasteiger partial charge in [0.2, 0.25) is 11.8 Å². The third-order valence-corrected chi connectivity index (χ3v) is 3.71. The van der Waals surface area contributed by atoms with E-state index in [-0.39, 0.29) is 12.3 Å². The lowest BCUT2D eigenvalue weighted by Gasteiger charge is -1.98. The van der Waals surface area contributed by atoms with E-state index in [1.807, 2.05) is 0 Å². The highest BCUT2D eigenvalue weighted by molar-refractivity contribution is 6.31. The predicted molar refractivity (Wildman–Crippen MR) is 97.0 cm³/mol. The van der Waals surface area contributed by atoms with E-state index < -0.39 is 5.91 Å². The molecule has 3 aromatic rings. The van der Waals surface area contributed by atoms with E-state index in [1.54, 1.807) is 41.9 Å². The number of furan rings is 1. The Balaban J connectivity index is 1.60. The van der Waals surface area contributed by atoms with E-state index in [0.717, 1.165) is 5.39 Å². The molecule has 0 bridgehead atoms. The molecule has 2 amide bonds. The summed E-state index contributed by atoms with van der Waals surface area (Å²) in [6, 6.07) is 13.2. The van der Waals surface area contributed by atoms with Crippen LogP contribution in [0.3, 0.4) is 0 Å². The van der Waals surface area contributed by atoms with Gasteiger partial charge in [0.25, 0.3) is 5.91 Å². The monoisotopic (exact) mass is 368 g/mol. The van der Waals surface area contributed by atoms with Crippen LogP contribution in [0.25, 0.3) is 11.0 Å². The lowest BCUT2D eigenvalue weighted by molar-refractivity contribution is -0.115. The topological polar surface area (TPSA) is 91.6 Å². The molecule has 26 heavy (non-hydrogen) atoms. The van der Waals surface area contributed by atoms with Crippen LogP contribution in [-0.2, 0) is 4.79 Å². The van der Waals surface area contributed by atoms with Gasteiger partial charge in [0, 0.05) is 27.6 Å². The number of halogens is 1. The van der Waals surface area contributed by atoms with Crippen molar-refractivity contribution in [3.63, 3.8) is 0 Å². The number of fused-ring (bicyclic) bond motifs is 1. The summed E-state index contributed by atoms with van der Waals surface area (Å²) in [6.07, 6.45) is -0.0172. The molecule has 0 radical (unpaired) electrons. The number of amides is 2. The van der Waals surface area contributed by atoms with Gasteiger partial charge in [-0.2, -0.15) is 0 Å².